The maximum Gasteiger partial charge on any atom is 0.128 e. The molecule has 0 saturated carbocycles. The molecule has 0 amide bonds. The summed E-state index contributed by atoms with van der Waals surface area (Å²) in [5, 5.41) is 10.6. The van der Waals surface area contributed by atoms with Crippen molar-refractivity contribution in [3.8, 4) is 23.3 Å². The first-order valence-corrected chi connectivity index (χ1v) is 12.4. The van der Waals surface area contributed by atoms with E-state index in [9.17, 15) is 14.3 Å². The van der Waals surface area contributed by atoms with E-state index in [4.69, 9.17) is 14.2 Å². The van der Waals surface area contributed by atoms with Gasteiger partial charge in [-0.2, -0.15) is 0 Å². The number of aryl methyl sites for hydroxylation is 1. The van der Waals surface area contributed by atoms with Crippen LogP contribution in [-0.4, -0.2) is 56.9 Å². The molecule has 3 aromatic carbocycles. The zero-order valence-corrected chi connectivity index (χ0v) is 21.2. The Morgan fingerprint density at radius 2 is 1.71 bits per heavy atom. The van der Waals surface area contributed by atoms with Crippen LogP contribution in [0, 0.1) is 24.6 Å². The van der Waals surface area contributed by atoms with Gasteiger partial charge in [0.15, 0.2) is 0 Å². The van der Waals surface area contributed by atoms with Crippen molar-refractivity contribution in [2.45, 2.75) is 6.92 Å². The maximum absolute atomic E-state index is 13.6. The van der Waals surface area contributed by atoms with Crippen LogP contribution in [0.2, 0.25) is 0 Å². The summed E-state index contributed by atoms with van der Waals surface area (Å²) < 4.78 is 30.1. The average molecular weight is 515 g/mol. The van der Waals surface area contributed by atoms with Gasteiger partial charge >= 0.3 is 0 Å². The van der Waals surface area contributed by atoms with Gasteiger partial charge in [0.25, 0.3) is 0 Å². The second-order valence-electron chi connectivity index (χ2n) is 8.79. The molecule has 0 N–H and O–H groups in total. The molecule has 1 aliphatic heterocycles. The number of halogens is 1. The Kier molecular flexibility index (Phi) is 9.52. The first-order valence-electron chi connectivity index (χ1n) is 12.4. The standard InChI is InChI=1S/C31H30FNO5/c1-23-21-28(12-13-30(23)38-22-31(34)35)37-18-14-29(26-8-10-27(32)11-9-26)25-6-4-24(5-7-25)3-2-15-33-16-19-36-20-17-33/h4-14,21H,15-20,22H2,1H3,(H,34,35)/p-1/b29-14+. The Labute approximate surface area is 222 Å². The molecule has 1 aliphatic rings. The Balaban J connectivity index is 1.46. The molecule has 6 nitrogen and oxygen atoms in total. The maximum atomic E-state index is 13.6. The Morgan fingerprint density at radius 1 is 1.03 bits per heavy atom. The molecular weight excluding hydrogens is 485 g/mol. The van der Waals surface area contributed by atoms with E-state index in [0.29, 0.717) is 18.0 Å². The minimum atomic E-state index is -1.28. The number of carboxylic acids is 1. The fourth-order valence-electron chi connectivity index (χ4n) is 4.01. The van der Waals surface area contributed by atoms with E-state index in [-0.39, 0.29) is 12.4 Å². The van der Waals surface area contributed by atoms with Gasteiger partial charge in [0, 0.05) is 18.7 Å². The summed E-state index contributed by atoms with van der Waals surface area (Å²) in [5.41, 5.74) is 4.40. The topological polar surface area (TPSA) is 71.1 Å². The van der Waals surface area contributed by atoms with Crippen LogP contribution in [-0.2, 0) is 9.53 Å². The number of nitrogens with zero attached hydrogens (tertiary/aromatic N) is 1. The zero-order chi connectivity index (χ0) is 26.7. The second-order valence-corrected chi connectivity index (χ2v) is 8.79. The molecule has 196 valence electrons. The summed E-state index contributed by atoms with van der Waals surface area (Å²) in [6.45, 7) is 5.60. The SMILES string of the molecule is Cc1cc(OC/C=C(/c2ccc(F)cc2)c2ccc(C#CCN3CCOCC3)cc2)ccc1OCC(=O)[O-]. The number of morpholine rings is 1. The van der Waals surface area contributed by atoms with Crippen LogP contribution in [0.3, 0.4) is 0 Å². The minimum absolute atomic E-state index is 0.270. The van der Waals surface area contributed by atoms with E-state index in [1.165, 1.54) is 12.1 Å². The monoisotopic (exact) mass is 514 g/mol. The zero-order valence-electron chi connectivity index (χ0n) is 21.2. The Hall–Kier alpha value is -4.12. The van der Waals surface area contributed by atoms with Gasteiger partial charge in [0.05, 0.1) is 25.7 Å². The third-order valence-corrected chi connectivity index (χ3v) is 6.02. The molecule has 38 heavy (non-hydrogen) atoms. The Morgan fingerprint density at radius 3 is 2.37 bits per heavy atom. The number of carbonyl (C=O) groups is 1. The highest BCUT2D eigenvalue weighted by atomic mass is 19.1. The van der Waals surface area contributed by atoms with Crippen molar-refractivity contribution >= 4 is 11.5 Å². The fourth-order valence-corrected chi connectivity index (χ4v) is 4.01. The lowest BCUT2D eigenvalue weighted by atomic mass is 9.96. The second kappa shape index (κ2) is 13.4. The summed E-state index contributed by atoms with van der Waals surface area (Å²) >= 11 is 0. The molecule has 0 bridgehead atoms. The van der Waals surface area contributed by atoms with Gasteiger partial charge in [-0.05, 0) is 77.7 Å². The van der Waals surface area contributed by atoms with Crippen molar-refractivity contribution in [1.29, 1.82) is 0 Å². The molecule has 0 aliphatic carbocycles. The van der Waals surface area contributed by atoms with Crippen molar-refractivity contribution < 1.29 is 28.5 Å². The van der Waals surface area contributed by atoms with Crippen molar-refractivity contribution in [1.82, 2.24) is 4.90 Å². The summed E-state index contributed by atoms with van der Waals surface area (Å²) in [6.07, 6.45) is 1.95. The summed E-state index contributed by atoms with van der Waals surface area (Å²) in [4.78, 5) is 12.9. The summed E-state index contributed by atoms with van der Waals surface area (Å²) in [6, 6.07) is 19.5. The van der Waals surface area contributed by atoms with Crippen molar-refractivity contribution in [3.63, 3.8) is 0 Å². The van der Waals surface area contributed by atoms with Gasteiger partial charge in [-0.1, -0.05) is 36.1 Å². The Bertz CT molecular complexity index is 1320. The van der Waals surface area contributed by atoms with E-state index in [1.54, 1.807) is 30.3 Å². The number of rotatable bonds is 9. The number of carbonyl (C=O) groups excluding carboxylic acids is 1. The first-order chi connectivity index (χ1) is 18.5. The first kappa shape index (κ1) is 26.9. The predicted octanol–water partition coefficient (Wildman–Crippen LogP) is 3.46. The third-order valence-electron chi connectivity index (χ3n) is 6.02. The number of carboxylic acid groups (broad SMARTS) is 1. The summed E-state index contributed by atoms with van der Waals surface area (Å²) in [7, 11) is 0. The normalized spacial score (nSPS) is 13.9. The molecule has 1 heterocycles. The summed E-state index contributed by atoms with van der Waals surface area (Å²) in [5.74, 6) is 5.95. The highest BCUT2D eigenvalue weighted by Gasteiger charge is 2.09. The molecule has 4 rings (SSSR count). The van der Waals surface area contributed by atoms with Gasteiger partial charge in [-0.15, -0.1) is 0 Å². The van der Waals surface area contributed by atoms with Crippen LogP contribution in [0.15, 0.2) is 72.8 Å². The van der Waals surface area contributed by atoms with Gasteiger partial charge in [-0.3, -0.25) is 4.90 Å². The minimum Gasteiger partial charge on any atom is -0.546 e. The van der Waals surface area contributed by atoms with E-state index in [2.05, 4.69) is 16.7 Å². The van der Waals surface area contributed by atoms with Crippen LogP contribution in [0.25, 0.3) is 5.57 Å². The van der Waals surface area contributed by atoms with Gasteiger partial charge < -0.3 is 24.1 Å². The van der Waals surface area contributed by atoms with E-state index < -0.39 is 12.6 Å². The molecular formula is C31H29FNO5-. The number of ether oxygens (including phenoxy) is 3. The molecule has 0 radical (unpaired) electrons. The van der Waals surface area contributed by atoms with Gasteiger partial charge in [0.2, 0.25) is 0 Å². The highest BCUT2D eigenvalue weighted by molar-refractivity contribution is 5.80. The smallest absolute Gasteiger partial charge is 0.128 e. The molecule has 0 atom stereocenters. The number of hydrogen-bond acceptors (Lipinski definition) is 6. The molecule has 7 heteroatoms. The predicted molar refractivity (Wildman–Crippen MR) is 141 cm³/mol. The van der Waals surface area contributed by atoms with Crippen LogP contribution < -0.4 is 14.6 Å². The van der Waals surface area contributed by atoms with E-state index >= 15 is 0 Å². The quantitative estimate of drug-likeness (QED) is 0.408. The van der Waals surface area contributed by atoms with Crippen molar-refractivity contribution in [3.05, 3.63) is 101 Å². The molecule has 1 fully saturated rings. The largest absolute Gasteiger partial charge is 0.546 e. The molecule has 0 unspecified atom stereocenters. The van der Waals surface area contributed by atoms with Crippen LogP contribution >= 0.6 is 0 Å². The van der Waals surface area contributed by atoms with Gasteiger partial charge in [-0.25, -0.2) is 4.39 Å². The van der Waals surface area contributed by atoms with Crippen LogP contribution in [0.1, 0.15) is 22.3 Å². The number of aliphatic carboxylic acids is 1. The number of hydrogen-bond donors (Lipinski definition) is 0. The van der Waals surface area contributed by atoms with Gasteiger partial charge in [0.1, 0.15) is 30.5 Å². The van der Waals surface area contributed by atoms with Crippen LogP contribution in [0.4, 0.5) is 4.39 Å². The van der Waals surface area contributed by atoms with Crippen molar-refractivity contribution in [2.24, 2.45) is 0 Å². The van der Waals surface area contributed by atoms with E-state index in [1.807, 2.05) is 37.3 Å². The third kappa shape index (κ3) is 7.94. The van der Waals surface area contributed by atoms with Crippen molar-refractivity contribution in [2.75, 3.05) is 46.1 Å². The lowest BCUT2D eigenvalue weighted by Crippen LogP contribution is -2.36. The lowest BCUT2D eigenvalue weighted by Gasteiger charge is -2.24. The molecule has 1 saturated heterocycles. The van der Waals surface area contributed by atoms with E-state index in [0.717, 1.165) is 54.1 Å². The fraction of sp³-hybridized carbons (Fsp3) is 0.258. The molecule has 0 spiro atoms. The molecule has 3 aromatic rings. The van der Waals surface area contributed by atoms with Crippen LogP contribution in [0.5, 0.6) is 11.5 Å². The average Bonchev–Trinajstić information content (AvgIpc) is 2.92. The number of benzene rings is 3. The highest BCUT2D eigenvalue weighted by Crippen LogP contribution is 2.26. The molecule has 0 aromatic heterocycles. The lowest BCUT2D eigenvalue weighted by molar-refractivity contribution is -0.307.